The van der Waals surface area contributed by atoms with Crippen molar-refractivity contribution in [2.75, 3.05) is 17.7 Å². The van der Waals surface area contributed by atoms with Crippen molar-refractivity contribution >= 4 is 21.6 Å². The van der Waals surface area contributed by atoms with Crippen molar-refractivity contribution in [2.45, 2.75) is 18.0 Å². The molecule has 2 heterocycles. The van der Waals surface area contributed by atoms with E-state index in [1.807, 2.05) is 0 Å². The number of nitrogen functional groups attached to an aromatic ring is 2. The molecule has 0 spiro atoms. The van der Waals surface area contributed by atoms with Crippen LogP contribution in [-0.2, 0) is 16.0 Å². The predicted molar refractivity (Wildman–Crippen MR) is 109 cm³/mol. The van der Waals surface area contributed by atoms with E-state index in [9.17, 15) is 21.6 Å². The van der Waals surface area contributed by atoms with E-state index in [0.717, 1.165) is 12.3 Å². The third-order valence-corrected chi connectivity index (χ3v) is 5.30. The van der Waals surface area contributed by atoms with E-state index in [0.29, 0.717) is 11.3 Å². The molecule has 0 aliphatic rings. The molecule has 160 valence electrons. The monoisotopic (exact) mass is 447 g/mol. The number of nitrogens with zero attached hydrogens (tertiary/aromatic N) is 3. The SMILES string of the molecule is Cc1nc(N)nc(-c2ccc(S(C)(=O)=O)cc2)c1C#Cc1ccc(N)nc1C(F)(F)F. The molecule has 0 amide bonds. The summed E-state index contributed by atoms with van der Waals surface area (Å²) in [7, 11) is -3.41. The van der Waals surface area contributed by atoms with Gasteiger partial charge in [0.25, 0.3) is 0 Å². The molecule has 4 N–H and O–H groups in total. The van der Waals surface area contributed by atoms with E-state index in [-0.39, 0.29) is 33.5 Å². The third kappa shape index (κ3) is 4.92. The van der Waals surface area contributed by atoms with Crippen LogP contribution in [0.4, 0.5) is 24.9 Å². The predicted octanol–water partition coefficient (Wildman–Crippen LogP) is 2.83. The fourth-order valence-electron chi connectivity index (χ4n) is 2.73. The van der Waals surface area contributed by atoms with Gasteiger partial charge in [0, 0.05) is 11.8 Å². The number of sulfone groups is 1. The summed E-state index contributed by atoms with van der Waals surface area (Å²) >= 11 is 0. The zero-order valence-corrected chi connectivity index (χ0v) is 17.1. The summed E-state index contributed by atoms with van der Waals surface area (Å²) in [5, 5.41) is 0. The number of hydrogen-bond acceptors (Lipinski definition) is 7. The van der Waals surface area contributed by atoms with Gasteiger partial charge in [0.05, 0.1) is 27.4 Å². The van der Waals surface area contributed by atoms with E-state index in [1.54, 1.807) is 6.92 Å². The first-order chi connectivity index (χ1) is 14.4. The van der Waals surface area contributed by atoms with Gasteiger partial charge in [-0.3, -0.25) is 0 Å². The van der Waals surface area contributed by atoms with Gasteiger partial charge in [-0.05, 0) is 31.2 Å². The molecular weight excluding hydrogens is 431 g/mol. The van der Waals surface area contributed by atoms with Gasteiger partial charge in [-0.15, -0.1) is 0 Å². The third-order valence-electron chi connectivity index (χ3n) is 4.17. The lowest BCUT2D eigenvalue weighted by atomic mass is 10.0. The highest BCUT2D eigenvalue weighted by molar-refractivity contribution is 7.90. The smallest absolute Gasteiger partial charge is 0.384 e. The largest absolute Gasteiger partial charge is 0.434 e. The Kier molecular flexibility index (Phi) is 5.61. The van der Waals surface area contributed by atoms with Gasteiger partial charge in [-0.1, -0.05) is 24.0 Å². The quantitative estimate of drug-likeness (QED) is 0.579. The molecule has 3 aromatic rings. The molecule has 0 aliphatic carbocycles. The zero-order valence-electron chi connectivity index (χ0n) is 16.3. The molecular formula is C20H16F3N5O2S. The van der Waals surface area contributed by atoms with Crippen LogP contribution in [0.1, 0.15) is 22.5 Å². The molecule has 0 aliphatic heterocycles. The van der Waals surface area contributed by atoms with Crippen LogP contribution in [0.3, 0.4) is 0 Å². The number of anilines is 2. The number of aromatic nitrogens is 3. The molecule has 1 aromatic carbocycles. The molecule has 2 aromatic heterocycles. The molecule has 0 radical (unpaired) electrons. The maximum atomic E-state index is 13.3. The van der Waals surface area contributed by atoms with Crippen LogP contribution in [0.2, 0.25) is 0 Å². The molecule has 0 fully saturated rings. The topological polar surface area (TPSA) is 125 Å². The van der Waals surface area contributed by atoms with Crippen molar-refractivity contribution in [1.82, 2.24) is 15.0 Å². The molecule has 0 saturated heterocycles. The Morgan fingerprint density at radius 3 is 2.16 bits per heavy atom. The van der Waals surface area contributed by atoms with Crippen LogP contribution in [0, 0.1) is 18.8 Å². The van der Waals surface area contributed by atoms with Gasteiger partial charge in [0.15, 0.2) is 15.5 Å². The minimum absolute atomic E-state index is 0.0598. The summed E-state index contributed by atoms with van der Waals surface area (Å²) < 4.78 is 63.2. The number of nitrogens with two attached hydrogens (primary N) is 2. The van der Waals surface area contributed by atoms with Crippen molar-refractivity contribution in [2.24, 2.45) is 0 Å². The van der Waals surface area contributed by atoms with Crippen molar-refractivity contribution in [1.29, 1.82) is 0 Å². The molecule has 0 unspecified atom stereocenters. The summed E-state index contributed by atoms with van der Waals surface area (Å²) in [5.41, 5.74) is 10.9. The van der Waals surface area contributed by atoms with Crippen molar-refractivity contribution < 1.29 is 21.6 Å². The second-order valence-electron chi connectivity index (χ2n) is 6.57. The average molecular weight is 447 g/mol. The van der Waals surface area contributed by atoms with Crippen LogP contribution < -0.4 is 11.5 Å². The van der Waals surface area contributed by atoms with Crippen molar-refractivity contribution in [3.05, 3.63) is 58.9 Å². The first-order valence-corrected chi connectivity index (χ1v) is 10.6. The highest BCUT2D eigenvalue weighted by Gasteiger charge is 2.35. The van der Waals surface area contributed by atoms with E-state index in [4.69, 9.17) is 11.5 Å². The second-order valence-corrected chi connectivity index (χ2v) is 8.58. The molecule has 3 rings (SSSR count). The average Bonchev–Trinajstić information content (AvgIpc) is 2.66. The lowest BCUT2D eigenvalue weighted by Gasteiger charge is -2.10. The maximum absolute atomic E-state index is 13.3. The van der Waals surface area contributed by atoms with Crippen molar-refractivity contribution in [3.63, 3.8) is 0 Å². The zero-order chi connectivity index (χ0) is 23.0. The highest BCUT2D eigenvalue weighted by Crippen LogP contribution is 2.31. The van der Waals surface area contributed by atoms with E-state index in [2.05, 4.69) is 26.8 Å². The summed E-state index contributed by atoms with van der Waals surface area (Å²) in [4.78, 5) is 11.6. The van der Waals surface area contributed by atoms with Crippen LogP contribution in [-0.4, -0.2) is 29.6 Å². The Bertz CT molecular complexity index is 1330. The van der Waals surface area contributed by atoms with E-state index < -0.39 is 21.7 Å². The number of benzene rings is 1. The van der Waals surface area contributed by atoms with Gasteiger partial charge in [0.1, 0.15) is 5.82 Å². The summed E-state index contributed by atoms with van der Waals surface area (Å²) in [6.07, 6.45) is -3.67. The first-order valence-electron chi connectivity index (χ1n) is 8.66. The Morgan fingerprint density at radius 1 is 0.935 bits per heavy atom. The minimum Gasteiger partial charge on any atom is -0.384 e. The van der Waals surface area contributed by atoms with Crippen LogP contribution in [0.25, 0.3) is 11.3 Å². The van der Waals surface area contributed by atoms with Gasteiger partial charge in [-0.2, -0.15) is 13.2 Å². The Balaban J connectivity index is 2.16. The number of halogens is 3. The number of pyridine rings is 1. The van der Waals surface area contributed by atoms with Crippen LogP contribution >= 0.6 is 0 Å². The van der Waals surface area contributed by atoms with Crippen LogP contribution in [0.5, 0.6) is 0 Å². The van der Waals surface area contributed by atoms with Gasteiger partial charge < -0.3 is 11.5 Å². The standard InChI is InChI=1S/C20H16F3N5O2S/c1-11-15(9-5-13-6-10-16(24)27-18(13)20(21,22)23)17(28-19(25)26-11)12-3-7-14(8-4-12)31(2,29)30/h3-4,6-8,10H,1-2H3,(H2,24,27)(H2,25,26,28). The maximum Gasteiger partial charge on any atom is 0.434 e. The van der Waals surface area contributed by atoms with Crippen LogP contribution in [0.15, 0.2) is 41.3 Å². The Labute approximate surface area is 176 Å². The van der Waals surface area contributed by atoms with Gasteiger partial charge in [-0.25, -0.2) is 23.4 Å². The normalized spacial score (nSPS) is 11.6. The number of aryl methyl sites for hydroxylation is 1. The highest BCUT2D eigenvalue weighted by atomic mass is 32.2. The summed E-state index contributed by atoms with van der Waals surface area (Å²) in [5.74, 6) is 4.79. The first kappa shape index (κ1) is 22.0. The molecule has 0 bridgehead atoms. The lowest BCUT2D eigenvalue weighted by Crippen LogP contribution is -2.12. The second kappa shape index (κ2) is 7.88. The number of hydrogen-bond donors (Lipinski definition) is 2. The molecule has 0 saturated carbocycles. The number of rotatable bonds is 2. The molecule has 0 atom stereocenters. The van der Waals surface area contributed by atoms with Crippen molar-refractivity contribution in [3.8, 4) is 23.1 Å². The fraction of sp³-hybridized carbons (Fsp3) is 0.150. The summed E-state index contributed by atoms with van der Waals surface area (Å²) in [6.45, 7) is 1.59. The minimum atomic E-state index is -4.74. The Hall–Kier alpha value is -3.65. The van der Waals surface area contributed by atoms with E-state index >= 15 is 0 Å². The lowest BCUT2D eigenvalue weighted by molar-refractivity contribution is -0.141. The molecule has 11 heteroatoms. The van der Waals surface area contributed by atoms with Gasteiger partial charge >= 0.3 is 6.18 Å². The van der Waals surface area contributed by atoms with Gasteiger partial charge in [0.2, 0.25) is 5.95 Å². The number of alkyl halides is 3. The Morgan fingerprint density at radius 2 is 1.58 bits per heavy atom. The molecule has 7 nitrogen and oxygen atoms in total. The molecule has 31 heavy (non-hydrogen) atoms. The van der Waals surface area contributed by atoms with E-state index in [1.165, 1.54) is 30.3 Å². The fourth-order valence-corrected chi connectivity index (χ4v) is 3.36. The summed E-state index contributed by atoms with van der Waals surface area (Å²) in [6, 6.07) is 8.15.